The number of hydrogen-bond acceptors (Lipinski definition) is 3. The molecule has 1 atom stereocenters. The zero-order valence-corrected chi connectivity index (χ0v) is 10.8. The molecule has 94 valence electrons. The van der Waals surface area contributed by atoms with E-state index in [2.05, 4.69) is 19.2 Å². The van der Waals surface area contributed by atoms with Gasteiger partial charge >= 0.3 is 5.97 Å². The normalized spacial score (nSPS) is 19.8. The molecule has 0 aliphatic heterocycles. The van der Waals surface area contributed by atoms with Gasteiger partial charge < -0.3 is 10.1 Å². The fraction of sp³-hybridized carbons (Fsp3) is 0.923. The van der Waals surface area contributed by atoms with Crippen molar-refractivity contribution >= 4 is 5.97 Å². The Bertz CT molecular complexity index is 210. The summed E-state index contributed by atoms with van der Waals surface area (Å²) in [7, 11) is 0. The molecular weight excluding hydrogens is 202 g/mol. The standard InChI is InChI=1S/C13H25NO2/c1-4-16-13(15)12(14-10(2)3)11-8-6-5-7-9-11/h10-12,14H,4-9H2,1-3H3. The van der Waals surface area contributed by atoms with Crippen molar-refractivity contribution in [3.05, 3.63) is 0 Å². The van der Waals surface area contributed by atoms with Gasteiger partial charge in [-0.15, -0.1) is 0 Å². The minimum Gasteiger partial charge on any atom is -0.465 e. The number of esters is 1. The van der Waals surface area contributed by atoms with Crippen molar-refractivity contribution in [2.45, 2.75) is 65.0 Å². The Morgan fingerprint density at radius 3 is 2.44 bits per heavy atom. The number of rotatable bonds is 5. The fourth-order valence-corrected chi connectivity index (χ4v) is 2.46. The molecule has 16 heavy (non-hydrogen) atoms. The predicted molar refractivity (Wildman–Crippen MR) is 65.3 cm³/mol. The van der Waals surface area contributed by atoms with Crippen LogP contribution in [0.5, 0.6) is 0 Å². The third-order valence-electron chi connectivity index (χ3n) is 3.17. The number of carbonyl (C=O) groups is 1. The first kappa shape index (κ1) is 13.5. The van der Waals surface area contributed by atoms with Gasteiger partial charge in [0.1, 0.15) is 6.04 Å². The predicted octanol–water partition coefficient (Wildman–Crippen LogP) is 2.50. The Kier molecular flexibility index (Phi) is 5.81. The van der Waals surface area contributed by atoms with Gasteiger partial charge in [0, 0.05) is 6.04 Å². The number of ether oxygens (including phenoxy) is 1. The highest BCUT2D eigenvalue weighted by atomic mass is 16.5. The van der Waals surface area contributed by atoms with Gasteiger partial charge in [0.05, 0.1) is 6.61 Å². The van der Waals surface area contributed by atoms with Gasteiger partial charge in [-0.05, 0) is 25.7 Å². The summed E-state index contributed by atoms with van der Waals surface area (Å²) in [6, 6.07) is 0.233. The first-order valence-corrected chi connectivity index (χ1v) is 6.57. The summed E-state index contributed by atoms with van der Waals surface area (Å²) in [5, 5.41) is 3.36. The SMILES string of the molecule is CCOC(=O)C(NC(C)C)C1CCCCC1. The molecule has 1 aliphatic rings. The van der Waals surface area contributed by atoms with Crippen molar-refractivity contribution in [3.8, 4) is 0 Å². The molecule has 3 nitrogen and oxygen atoms in total. The summed E-state index contributed by atoms with van der Waals surface area (Å²) in [6.45, 7) is 6.50. The molecule has 1 fully saturated rings. The van der Waals surface area contributed by atoms with Crippen LogP contribution < -0.4 is 5.32 Å². The van der Waals surface area contributed by atoms with E-state index in [-0.39, 0.29) is 12.0 Å². The molecular formula is C13H25NO2. The van der Waals surface area contributed by atoms with E-state index in [1.165, 1.54) is 19.3 Å². The third-order valence-corrected chi connectivity index (χ3v) is 3.17. The van der Waals surface area contributed by atoms with Gasteiger partial charge in [-0.1, -0.05) is 33.1 Å². The summed E-state index contributed by atoms with van der Waals surface area (Å²) in [4.78, 5) is 11.9. The van der Waals surface area contributed by atoms with Crippen LogP contribution in [0.2, 0.25) is 0 Å². The highest BCUT2D eigenvalue weighted by Gasteiger charge is 2.30. The van der Waals surface area contributed by atoms with Crippen molar-refractivity contribution in [1.29, 1.82) is 0 Å². The molecule has 0 saturated heterocycles. The molecule has 0 aromatic carbocycles. The summed E-state index contributed by atoms with van der Waals surface area (Å²) in [6.07, 6.45) is 6.13. The average molecular weight is 227 g/mol. The zero-order valence-electron chi connectivity index (χ0n) is 10.8. The molecule has 3 heteroatoms. The van der Waals surface area contributed by atoms with Crippen molar-refractivity contribution in [3.63, 3.8) is 0 Å². The highest BCUT2D eigenvalue weighted by molar-refractivity contribution is 5.76. The van der Waals surface area contributed by atoms with Gasteiger partial charge in [-0.25, -0.2) is 0 Å². The van der Waals surface area contributed by atoms with E-state index in [9.17, 15) is 4.79 Å². The largest absolute Gasteiger partial charge is 0.465 e. The smallest absolute Gasteiger partial charge is 0.323 e. The quantitative estimate of drug-likeness (QED) is 0.733. The van der Waals surface area contributed by atoms with E-state index in [1.807, 2.05) is 6.92 Å². The van der Waals surface area contributed by atoms with E-state index in [0.29, 0.717) is 18.6 Å². The molecule has 0 aromatic rings. The van der Waals surface area contributed by atoms with Gasteiger partial charge in [-0.3, -0.25) is 4.79 Å². The van der Waals surface area contributed by atoms with Crippen LogP contribution in [0.15, 0.2) is 0 Å². The third kappa shape index (κ3) is 4.12. The molecule has 1 rings (SSSR count). The van der Waals surface area contributed by atoms with Crippen LogP contribution in [0.25, 0.3) is 0 Å². The van der Waals surface area contributed by atoms with Crippen LogP contribution in [-0.2, 0) is 9.53 Å². The molecule has 1 aliphatic carbocycles. The van der Waals surface area contributed by atoms with Gasteiger partial charge in [0.2, 0.25) is 0 Å². The van der Waals surface area contributed by atoms with Gasteiger partial charge in [0.25, 0.3) is 0 Å². The van der Waals surface area contributed by atoms with Crippen LogP contribution in [0, 0.1) is 5.92 Å². The van der Waals surface area contributed by atoms with Crippen molar-refractivity contribution in [2.24, 2.45) is 5.92 Å². The van der Waals surface area contributed by atoms with Gasteiger partial charge in [-0.2, -0.15) is 0 Å². The molecule has 1 unspecified atom stereocenters. The highest BCUT2D eigenvalue weighted by Crippen LogP contribution is 2.27. The second-order valence-corrected chi connectivity index (χ2v) is 4.95. The first-order valence-electron chi connectivity index (χ1n) is 6.57. The molecule has 0 amide bonds. The van der Waals surface area contributed by atoms with Crippen molar-refractivity contribution in [1.82, 2.24) is 5.32 Å². The van der Waals surface area contributed by atoms with Crippen molar-refractivity contribution < 1.29 is 9.53 Å². The van der Waals surface area contributed by atoms with E-state index in [0.717, 1.165) is 12.8 Å². The summed E-state index contributed by atoms with van der Waals surface area (Å²) < 4.78 is 5.16. The Labute approximate surface area is 98.9 Å². The summed E-state index contributed by atoms with van der Waals surface area (Å²) in [5.41, 5.74) is 0. The Morgan fingerprint density at radius 1 is 1.31 bits per heavy atom. The lowest BCUT2D eigenvalue weighted by Crippen LogP contribution is -2.47. The van der Waals surface area contributed by atoms with Crippen LogP contribution in [0.4, 0.5) is 0 Å². The minimum absolute atomic E-state index is 0.0666. The Balaban J connectivity index is 2.57. The average Bonchev–Trinajstić information content (AvgIpc) is 2.27. The maximum Gasteiger partial charge on any atom is 0.323 e. The van der Waals surface area contributed by atoms with Crippen LogP contribution in [-0.4, -0.2) is 24.7 Å². The maximum atomic E-state index is 11.9. The van der Waals surface area contributed by atoms with Crippen LogP contribution in [0.3, 0.4) is 0 Å². The lowest BCUT2D eigenvalue weighted by atomic mass is 9.83. The van der Waals surface area contributed by atoms with E-state index in [4.69, 9.17) is 4.74 Å². The van der Waals surface area contributed by atoms with Gasteiger partial charge in [0.15, 0.2) is 0 Å². The zero-order chi connectivity index (χ0) is 12.0. The number of carbonyl (C=O) groups excluding carboxylic acids is 1. The molecule has 0 bridgehead atoms. The maximum absolute atomic E-state index is 11.9. The second kappa shape index (κ2) is 6.89. The van der Waals surface area contributed by atoms with E-state index >= 15 is 0 Å². The van der Waals surface area contributed by atoms with Crippen LogP contribution in [0.1, 0.15) is 52.9 Å². The fourth-order valence-electron chi connectivity index (χ4n) is 2.46. The Hall–Kier alpha value is -0.570. The molecule has 0 radical (unpaired) electrons. The monoisotopic (exact) mass is 227 g/mol. The lowest BCUT2D eigenvalue weighted by Gasteiger charge is -2.30. The molecule has 1 N–H and O–H groups in total. The summed E-state index contributed by atoms with van der Waals surface area (Å²) in [5.74, 6) is 0.401. The number of nitrogens with one attached hydrogen (secondary N) is 1. The van der Waals surface area contributed by atoms with E-state index < -0.39 is 0 Å². The first-order chi connectivity index (χ1) is 7.65. The number of hydrogen-bond donors (Lipinski definition) is 1. The van der Waals surface area contributed by atoms with E-state index in [1.54, 1.807) is 0 Å². The summed E-state index contributed by atoms with van der Waals surface area (Å²) >= 11 is 0. The minimum atomic E-state index is -0.0970. The topological polar surface area (TPSA) is 38.3 Å². The van der Waals surface area contributed by atoms with Crippen LogP contribution >= 0.6 is 0 Å². The molecule has 0 heterocycles. The molecule has 1 saturated carbocycles. The molecule has 0 spiro atoms. The molecule has 0 aromatic heterocycles. The van der Waals surface area contributed by atoms with Crippen molar-refractivity contribution in [2.75, 3.05) is 6.61 Å². The Morgan fingerprint density at radius 2 is 1.94 bits per heavy atom. The lowest BCUT2D eigenvalue weighted by molar-refractivity contribution is -0.147. The second-order valence-electron chi connectivity index (χ2n) is 4.95.